The largest absolute Gasteiger partial charge is 0.471 e. The molecule has 0 saturated carbocycles. The number of nitro groups is 1. The lowest BCUT2D eigenvalue weighted by molar-refractivity contribution is -0.384. The summed E-state index contributed by atoms with van der Waals surface area (Å²) in [7, 11) is 0. The molecule has 9 heteroatoms. The van der Waals surface area contributed by atoms with Gasteiger partial charge in [-0.1, -0.05) is 0 Å². The van der Waals surface area contributed by atoms with Crippen LogP contribution in [-0.4, -0.2) is 17.0 Å². The van der Waals surface area contributed by atoms with E-state index in [0.717, 1.165) is 12.1 Å². The highest BCUT2D eigenvalue weighted by Gasteiger charge is 2.39. The molecule has 1 aromatic carbocycles. The van der Waals surface area contributed by atoms with Gasteiger partial charge in [-0.15, -0.1) is 0 Å². The summed E-state index contributed by atoms with van der Waals surface area (Å²) in [5, 5.41) is 12.0. The summed E-state index contributed by atoms with van der Waals surface area (Å²) >= 11 is 1.66. The number of rotatable bonds is 2. The number of carbonyl (C=O) groups excluding carboxylic acids is 1. The summed E-state index contributed by atoms with van der Waals surface area (Å²) in [6, 6.07) is 3.24. The van der Waals surface area contributed by atoms with Crippen LogP contribution in [0.2, 0.25) is 0 Å². The third-order valence-corrected chi connectivity index (χ3v) is 2.61. The minimum absolute atomic E-state index is 0.248. The zero-order valence-corrected chi connectivity index (χ0v) is 10.1. The number of amides is 1. The number of nitro benzene ring substituents is 1. The van der Waals surface area contributed by atoms with E-state index in [2.05, 4.69) is 0 Å². The number of hydrogen-bond acceptors (Lipinski definition) is 3. The average Bonchev–Trinajstić information content (AvgIpc) is 2.19. The quantitative estimate of drug-likeness (QED) is 0.501. The molecule has 0 saturated heterocycles. The van der Waals surface area contributed by atoms with Crippen LogP contribution in [0.25, 0.3) is 0 Å². The Hall–Kier alpha value is -1.39. The first kappa shape index (κ1) is 13.7. The van der Waals surface area contributed by atoms with E-state index in [-0.39, 0.29) is 9.26 Å². The topological polar surface area (TPSA) is 72.2 Å². The van der Waals surface area contributed by atoms with E-state index >= 15 is 0 Å². The Kier molecular flexibility index (Phi) is 3.91. The van der Waals surface area contributed by atoms with Crippen molar-refractivity contribution in [2.24, 2.45) is 0 Å². The molecule has 0 spiro atoms. The molecule has 0 atom stereocenters. The summed E-state index contributed by atoms with van der Waals surface area (Å²) in [6.45, 7) is 0. The first-order valence-electron chi connectivity index (χ1n) is 4.04. The smallest absolute Gasteiger partial charge is 0.317 e. The summed E-state index contributed by atoms with van der Waals surface area (Å²) in [5.41, 5.74) is -0.648. The molecule has 1 N–H and O–H groups in total. The molecule has 0 unspecified atom stereocenters. The highest BCUT2D eigenvalue weighted by atomic mass is 127. The van der Waals surface area contributed by atoms with Crippen molar-refractivity contribution in [3.63, 3.8) is 0 Å². The summed E-state index contributed by atoms with van der Waals surface area (Å²) in [6.07, 6.45) is -5.03. The Labute approximate surface area is 106 Å². The highest BCUT2D eigenvalue weighted by Crippen LogP contribution is 2.26. The van der Waals surface area contributed by atoms with Crippen molar-refractivity contribution in [3.05, 3.63) is 31.9 Å². The second-order valence-corrected chi connectivity index (χ2v) is 4.04. The van der Waals surface area contributed by atoms with Crippen molar-refractivity contribution in [1.29, 1.82) is 0 Å². The van der Waals surface area contributed by atoms with Gasteiger partial charge in [0.2, 0.25) is 0 Å². The number of non-ortho nitro benzene ring substituents is 1. The molecular formula is C8H4F3IN2O3. The molecule has 0 heterocycles. The summed E-state index contributed by atoms with van der Waals surface area (Å²) in [4.78, 5) is 20.3. The van der Waals surface area contributed by atoms with E-state index < -0.39 is 22.7 Å². The number of halogens is 4. The van der Waals surface area contributed by atoms with Crippen LogP contribution < -0.4 is 5.32 Å². The first-order chi connectivity index (χ1) is 7.71. The zero-order chi connectivity index (χ0) is 13.2. The Morgan fingerprint density at radius 1 is 1.41 bits per heavy atom. The molecular weight excluding hydrogens is 356 g/mol. The second kappa shape index (κ2) is 4.85. The fourth-order valence-corrected chi connectivity index (χ4v) is 1.39. The maximum Gasteiger partial charge on any atom is 0.471 e. The molecule has 0 aliphatic carbocycles. The zero-order valence-electron chi connectivity index (χ0n) is 7.92. The Morgan fingerprint density at radius 2 is 2.00 bits per heavy atom. The third kappa shape index (κ3) is 3.54. The van der Waals surface area contributed by atoms with Gasteiger partial charge in [0.1, 0.15) is 0 Å². The van der Waals surface area contributed by atoms with Crippen LogP contribution >= 0.6 is 22.6 Å². The fraction of sp³-hybridized carbons (Fsp3) is 0.125. The van der Waals surface area contributed by atoms with Gasteiger partial charge in [-0.25, -0.2) is 0 Å². The molecule has 5 nitrogen and oxygen atoms in total. The monoisotopic (exact) mass is 360 g/mol. The van der Waals surface area contributed by atoms with Crippen molar-refractivity contribution in [3.8, 4) is 0 Å². The SMILES string of the molecule is O=C(Nc1cc([N+](=O)[O-])ccc1I)C(F)(F)F. The van der Waals surface area contributed by atoms with E-state index in [1.807, 2.05) is 0 Å². The molecule has 1 amide bonds. The van der Waals surface area contributed by atoms with Gasteiger partial charge in [-0.05, 0) is 28.7 Å². The Morgan fingerprint density at radius 3 is 2.47 bits per heavy atom. The summed E-state index contributed by atoms with van der Waals surface area (Å²) in [5.74, 6) is -2.17. The van der Waals surface area contributed by atoms with Crippen LogP contribution in [0.5, 0.6) is 0 Å². The maximum absolute atomic E-state index is 12.0. The molecule has 0 fully saturated rings. The van der Waals surface area contributed by atoms with Crippen LogP contribution in [0, 0.1) is 13.7 Å². The second-order valence-electron chi connectivity index (χ2n) is 2.87. The molecule has 0 bridgehead atoms. The number of alkyl halides is 3. The first-order valence-corrected chi connectivity index (χ1v) is 5.12. The predicted molar refractivity (Wildman–Crippen MR) is 60.5 cm³/mol. The minimum atomic E-state index is -5.03. The number of nitrogens with one attached hydrogen (secondary N) is 1. The molecule has 0 aliphatic heterocycles. The highest BCUT2D eigenvalue weighted by molar-refractivity contribution is 14.1. The lowest BCUT2D eigenvalue weighted by Gasteiger charge is -2.09. The third-order valence-electron chi connectivity index (χ3n) is 1.67. The number of benzene rings is 1. The van der Waals surface area contributed by atoms with E-state index in [0.29, 0.717) is 0 Å². The van der Waals surface area contributed by atoms with Crippen LogP contribution in [0.3, 0.4) is 0 Å². The standard InChI is InChI=1S/C8H4F3IN2O3/c9-8(10,11)7(15)13-6-3-4(14(16)17)1-2-5(6)12/h1-3H,(H,13,15). The normalized spacial score (nSPS) is 11.1. The van der Waals surface area contributed by atoms with Crippen molar-refractivity contribution in [2.45, 2.75) is 6.18 Å². The molecule has 0 aliphatic rings. The van der Waals surface area contributed by atoms with Crippen LogP contribution in [0.1, 0.15) is 0 Å². The molecule has 1 aromatic rings. The van der Waals surface area contributed by atoms with E-state index in [1.54, 1.807) is 27.9 Å². The van der Waals surface area contributed by atoms with Gasteiger partial charge in [0.25, 0.3) is 5.69 Å². The van der Waals surface area contributed by atoms with E-state index in [1.165, 1.54) is 6.07 Å². The van der Waals surface area contributed by atoms with Crippen molar-refractivity contribution < 1.29 is 22.9 Å². The number of hydrogen-bond donors (Lipinski definition) is 1. The molecule has 1 rings (SSSR count). The van der Waals surface area contributed by atoms with Gasteiger partial charge in [0, 0.05) is 15.7 Å². The van der Waals surface area contributed by atoms with Gasteiger partial charge < -0.3 is 5.32 Å². The minimum Gasteiger partial charge on any atom is -0.317 e. The predicted octanol–water partition coefficient (Wildman–Crippen LogP) is 2.70. The van der Waals surface area contributed by atoms with Gasteiger partial charge in [-0.2, -0.15) is 13.2 Å². The molecule has 0 aromatic heterocycles. The van der Waals surface area contributed by atoms with Crippen molar-refractivity contribution in [2.75, 3.05) is 5.32 Å². The van der Waals surface area contributed by atoms with Crippen LogP contribution in [0.4, 0.5) is 24.5 Å². The Balaban J connectivity index is 3.02. The fourth-order valence-electron chi connectivity index (χ4n) is 0.916. The lowest BCUT2D eigenvalue weighted by atomic mass is 10.3. The Bertz CT molecular complexity index is 476. The molecule has 92 valence electrons. The van der Waals surface area contributed by atoms with Gasteiger partial charge in [-0.3, -0.25) is 14.9 Å². The molecule has 17 heavy (non-hydrogen) atoms. The number of nitrogens with zero attached hydrogens (tertiary/aromatic N) is 1. The van der Waals surface area contributed by atoms with Crippen molar-refractivity contribution >= 4 is 39.9 Å². The number of carbonyl (C=O) groups is 1. The van der Waals surface area contributed by atoms with Gasteiger partial charge in [0.05, 0.1) is 10.6 Å². The van der Waals surface area contributed by atoms with E-state index in [4.69, 9.17) is 0 Å². The van der Waals surface area contributed by atoms with Crippen LogP contribution in [-0.2, 0) is 4.79 Å². The number of anilines is 1. The molecule has 0 radical (unpaired) electrons. The lowest BCUT2D eigenvalue weighted by Crippen LogP contribution is -2.30. The maximum atomic E-state index is 12.0. The van der Waals surface area contributed by atoms with E-state index in [9.17, 15) is 28.1 Å². The van der Waals surface area contributed by atoms with Gasteiger partial charge in [0.15, 0.2) is 0 Å². The summed E-state index contributed by atoms with van der Waals surface area (Å²) < 4.78 is 36.2. The van der Waals surface area contributed by atoms with Crippen LogP contribution in [0.15, 0.2) is 18.2 Å². The van der Waals surface area contributed by atoms with Gasteiger partial charge >= 0.3 is 12.1 Å². The average molecular weight is 360 g/mol. The van der Waals surface area contributed by atoms with Crippen molar-refractivity contribution in [1.82, 2.24) is 0 Å².